The average molecular weight is 405 g/mol. The Kier molecular flexibility index (Phi) is 5.89. The predicted molar refractivity (Wildman–Crippen MR) is 77.2 cm³/mol. The molecular weight excluding hydrogens is 390 g/mol. The Bertz CT molecular complexity index is 578. The van der Waals surface area contributed by atoms with Crippen LogP contribution in [0.15, 0.2) is 34.2 Å². The summed E-state index contributed by atoms with van der Waals surface area (Å²) < 4.78 is 3.03. The molecule has 0 aliphatic heterocycles. The predicted octanol–water partition coefficient (Wildman–Crippen LogP) is 0.863. The van der Waals surface area contributed by atoms with Crippen molar-refractivity contribution in [3.8, 4) is 0 Å². The average Bonchev–Trinajstić information content (AvgIpc) is 2.69. The molecule has 2 nitrogen and oxygen atoms in total. The molecule has 1 unspecified atom stereocenters. The van der Waals surface area contributed by atoms with Gasteiger partial charge in [-0.2, -0.15) is 4.57 Å². The fraction of sp³-hybridized carbons (Fsp3) is 0.286. The molecule has 0 amide bonds. The summed E-state index contributed by atoms with van der Waals surface area (Å²) in [6.45, 7) is 6.08. The second kappa shape index (κ2) is 6.77. The Hall–Kier alpha value is -0.520. The summed E-state index contributed by atoms with van der Waals surface area (Å²) in [6, 6.07) is 7.36. The zero-order valence-electron chi connectivity index (χ0n) is 11.0. The van der Waals surface area contributed by atoms with Gasteiger partial charge in [0.05, 0.1) is 4.88 Å². The van der Waals surface area contributed by atoms with E-state index in [0.29, 0.717) is 0 Å². The minimum atomic E-state index is -0.156. The molecule has 0 aliphatic rings. The lowest BCUT2D eigenvalue weighted by atomic mass is 10.1. The van der Waals surface area contributed by atoms with Gasteiger partial charge in [-0.05, 0) is 19.1 Å². The number of hydrogen-bond acceptors (Lipinski definition) is 2. The summed E-state index contributed by atoms with van der Waals surface area (Å²) in [5.41, 5.74) is 3.94. The van der Waals surface area contributed by atoms with Gasteiger partial charge in [0.1, 0.15) is 0 Å². The zero-order valence-corrected chi connectivity index (χ0v) is 15.0. The first kappa shape index (κ1) is 16.5. The second-order valence-corrected chi connectivity index (χ2v) is 6.29. The topological polar surface area (TPSA) is 20.9 Å². The van der Waals surface area contributed by atoms with Crippen LogP contribution >= 0.6 is 27.3 Å². The fourth-order valence-electron chi connectivity index (χ4n) is 1.85. The van der Waals surface area contributed by atoms with E-state index in [4.69, 9.17) is 0 Å². The van der Waals surface area contributed by atoms with Crippen LogP contribution in [0.2, 0.25) is 0 Å². The highest BCUT2D eigenvalue weighted by Crippen LogP contribution is 2.16. The van der Waals surface area contributed by atoms with Gasteiger partial charge >= 0.3 is 0 Å². The van der Waals surface area contributed by atoms with Gasteiger partial charge in [-0.1, -0.05) is 39.4 Å². The van der Waals surface area contributed by atoms with Gasteiger partial charge < -0.3 is 17.0 Å². The molecule has 19 heavy (non-hydrogen) atoms. The number of Topliss-reactive ketones (excluding diaryl/α,β-unsaturated/α-hetero) is 1. The molecule has 0 saturated carbocycles. The van der Waals surface area contributed by atoms with Crippen LogP contribution in [0.25, 0.3) is 0 Å². The van der Waals surface area contributed by atoms with Gasteiger partial charge in [-0.25, -0.2) is 0 Å². The van der Waals surface area contributed by atoms with Gasteiger partial charge in [0.2, 0.25) is 17.3 Å². The molecule has 5 heteroatoms. The normalized spacial score (nSPS) is 11.8. The summed E-state index contributed by atoms with van der Waals surface area (Å²) >= 11 is 5.05. The van der Waals surface area contributed by atoms with Crippen LogP contribution in [0.5, 0.6) is 0 Å². The second-order valence-electron chi connectivity index (χ2n) is 4.32. The summed E-state index contributed by atoms with van der Waals surface area (Å²) in [5, 5.41) is 0. The maximum Gasteiger partial charge on any atom is 0.230 e. The van der Waals surface area contributed by atoms with Gasteiger partial charge in [-0.15, -0.1) is 0 Å². The number of ketones is 1. The van der Waals surface area contributed by atoms with Crippen LogP contribution in [0.4, 0.5) is 0 Å². The smallest absolute Gasteiger partial charge is 0.230 e. The number of aromatic nitrogens is 1. The third-order valence-electron chi connectivity index (χ3n) is 3.17. The van der Waals surface area contributed by atoms with E-state index in [1.54, 1.807) is 11.3 Å². The quantitative estimate of drug-likeness (QED) is 0.549. The maximum absolute atomic E-state index is 12.4. The van der Waals surface area contributed by atoms with Crippen LogP contribution in [0.1, 0.15) is 33.9 Å². The van der Waals surface area contributed by atoms with Crippen LogP contribution in [0.3, 0.4) is 0 Å². The lowest BCUT2D eigenvalue weighted by Crippen LogP contribution is -3.00. The number of benzene rings is 1. The number of carbonyl (C=O) groups is 1. The molecule has 2 aromatic rings. The summed E-state index contributed by atoms with van der Waals surface area (Å²) in [6.07, 6.45) is 0. The first-order valence-corrected chi connectivity index (χ1v) is 7.43. The highest BCUT2D eigenvalue weighted by molar-refractivity contribution is 9.10. The van der Waals surface area contributed by atoms with Crippen LogP contribution in [-0.4, -0.2) is 5.78 Å². The van der Waals surface area contributed by atoms with Gasteiger partial charge in [0, 0.05) is 23.9 Å². The standard InChI is InChI=1S/C14H15BrNOS.BrH/c1-9-11(3)18-8-16(9)10(2)14(17)12-4-6-13(15)7-5-12;/h4-8,10H,1-3H3;1H/q+1;/p-1. The van der Waals surface area contributed by atoms with Crippen molar-refractivity contribution in [3.05, 3.63) is 50.4 Å². The van der Waals surface area contributed by atoms with Crippen molar-refractivity contribution in [1.82, 2.24) is 0 Å². The molecule has 0 N–H and O–H groups in total. The molecule has 0 aliphatic carbocycles. The Morgan fingerprint density at radius 1 is 1.26 bits per heavy atom. The van der Waals surface area contributed by atoms with Crippen molar-refractivity contribution in [2.24, 2.45) is 0 Å². The molecule has 0 radical (unpaired) electrons. The molecule has 1 heterocycles. The van der Waals surface area contributed by atoms with E-state index in [1.807, 2.05) is 41.3 Å². The van der Waals surface area contributed by atoms with E-state index >= 15 is 0 Å². The minimum absolute atomic E-state index is 0. The number of thiazole rings is 1. The first-order chi connectivity index (χ1) is 8.50. The fourth-order valence-corrected chi connectivity index (χ4v) is 3.00. The van der Waals surface area contributed by atoms with Crippen LogP contribution in [0, 0.1) is 13.8 Å². The molecule has 1 aromatic carbocycles. The van der Waals surface area contributed by atoms with Gasteiger partial charge in [0.15, 0.2) is 5.69 Å². The summed E-state index contributed by atoms with van der Waals surface area (Å²) in [5.74, 6) is 0.147. The Morgan fingerprint density at radius 3 is 2.32 bits per heavy atom. The van der Waals surface area contributed by atoms with Crippen molar-refractivity contribution in [1.29, 1.82) is 0 Å². The van der Waals surface area contributed by atoms with Crippen molar-refractivity contribution < 1.29 is 26.3 Å². The van der Waals surface area contributed by atoms with E-state index in [-0.39, 0.29) is 28.8 Å². The minimum Gasteiger partial charge on any atom is -1.00 e. The molecule has 0 fully saturated rings. The van der Waals surface area contributed by atoms with Gasteiger partial charge in [-0.3, -0.25) is 4.79 Å². The number of rotatable bonds is 3. The zero-order chi connectivity index (χ0) is 13.3. The molecule has 2 rings (SSSR count). The molecule has 1 aromatic heterocycles. The number of carbonyl (C=O) groups excluding carboxylic acids is 1. The lowest BCUT2D eigenvalue weighted by molar-refractivity contribution is -0.705. The Balaban J connectivity index is 0.00000180. The van der Waals surface area contributed by atoms with Crippen molar-refractivity contribution >= 4 is 33.0 Å². The largest absolute Gasteiger partial charge is 1.00 e. The molecule has 0 spiro atoms. The summed E-state index contributed by atoms with van der Waals surface area (Å²) in [4.78, 5) is 13.6. The number of aryl methyl sites for hydroxylation is 1. The monoisotopic (exact) mass is 403 g/mol. The molecule has 102 valence electrons. The molecule has 0 saturated heterocycles. The highest BCUT2D eigenvalue weighted by Gasteiger charge is 2.27. The highest BCUT2D eigenvalue weighted by atomic mass is 79.9. The third kappa shape index (κ3) is 3.52. The van der Waals surface area contributed by atoms with Gasteiger partial charge in [0.25, 0.3) is 0 Å². The third-order valence-corrected chi connectivity index (χ3v) is 4.68. The molecule has 0 bridgehead atoms. The molecular formula is C14H15Br2NOS. The number of halogens is 2. The van der Waals surface area contributed by atoms with E-state index in [0.717, 1.165) is 15.7 Å². The summed E-state index contributed by atoms with van der Waals surface area (Å²) in [7, 11) is 0. The first-order valence-electron chi connectivity index (χ1n) is 5.76. The van der Waals surface area contributed by atoms with E-state index in [1.165, 1.54) is 4.88 Å². The van der Waals surface area contributed by atoms with E-state index < -0.39 is 0 Å². The van der Waals surface area contributed by atoms with E-state index in [9.17, 15) is 4.79 Å². The Morgan fingerprint density at radius 2 is 1.84 bits per heavy atom. The number of nitrogens with zero attached hydrogens (tertiary/aromatic N) is 1. The van der Waals surface area contributed by atoms with Crippen LogP contribution < -0.4 is 21.5 Å². The molecule has 1 atom stereocenters. The Labute approximate surface area is 136 Å². The van der Waals surface area contributed by atoms with Crippen LogP contribution in [-0.2, 0) is 0 Å². The number of hydrogen-bond donors (Lipinski definition) is 0. The van der Waals surface area contributed by atoms with Crippen molar-refractivity contribution in [3.63, 3.8) is 0 Å². The van der Waals surface area contributed by atoms with E-state index in [2.05, 4.69) is 29.8 Å². The lowest BCUT2D eigenvalue weighted by Gasteiger charge is -2.06. The van der Waals surface area contributed by atoms with Crippen molar-refractivity contribution in [2.75, 3.05) is 0 Å². The van der Waals surface area contributed by atoms with Crippen molar-refractivity contribution in [2.45, 2.75) is 26.8 Å². The maximum atomic E-state index is 12.4. The SMILES string of the molecule is Cc1sc[n+](C(C)C(=O)c2ccc(Br)cc2)c1C.[Br-].